The molecule has 1 aromatic heterocycles. The van der Waals surface area contributed by atoms with Gasteiger partial charge in [-0.25, -0.2) is 14.8 Å². The molecule has 1 aliphatic rings. The normalized spacial score (nSPS) is 18.3. The third-order valence-electron chi connectivity index (χ3n) is 3.71. The van der Waals surface area contributed by atoms with Crippen LogP contribution in [0.25, 0.3) is 0 Å². The molecular formula is C13H20N4O2. The summed E-state index contributed by atoms with van der Waals surface area (Å²) in [7, 11) is 0. The summed E-state index contributed by atoms with van der Waals surface area (Å²) in [5, 5.41) is 9.13. The first-order chi connectivity index (χ1) is 9.13. The van der Waals surface area contributed by atoms with Crippen LogP contribution in [0.2, 0.25) is 0 Å². The van der Waals surface area contributed by atoms with E-state index >= 15 is 0 Å². The first-order valence-electron chi connectivity index (χ1n) is 6.66. The van der Waals surface area contributed by atoms with Gasteiger partial charge in [0.1, 0.15) is 0 Å². The monoisotopic (exact) mass is 264 g/mol. The van der Waals surface area contributed by atoms with Crippen LogP contribution < -0.4 is 4.90 Å². The van der Waals surface area contributed by atoms with Gasteiger partial charge in [0.25, 0.3) is 0 Å². The van der Waals surface area contributed by atoms with Gasteiger partial charge in [-0.1, -0.05) is 6.92 Å². The van der Waals surface area contributed by atoms with Crippen LogP contribution in [0.15, 0.2) is 12.4 Å². The van der Waals surface area contributed by atoms with Crippen LogP contribution in [-0.4, -0.2) is 58.2 Å². The van der Waals surface area contributed by atoms with Crippen molar-refractivity contribution in [2.24, 2.45) is 0 Å². The number of aromatic carboxylic acids is 1. The number of carboxylic acid groups (broad SMARTS) is 1. The zero-order valence-corrected chi connectivity index (χ0v) is 11.4. The summed E-state index contributed by atoms with van der Waals surface area (Å²) in [4.78, 5) is 23.7. The molecule has 0 saturated carbocycles. The fourth-order valence-corrected chi connectivity index (χ4v) is 2.35. The van der Waals surface area contributed by atoms with E-state index in [1.165, 1.54) is 6.20 Å². The summed E-state index contributed by atoms with van der Waals surface area (Å²) in [6.45, 7) is 7.87. The van der Waals surface area contributed by atoms with Crippen LogP contribution in [0.3, 0.4) is 0 Å². The minimum absolute atomic E-state index is 0.0412. The van der Waals surface area contributed by atoms with Crippen molar-refractivity contribution in [3.8, 4) is 0 Å². The van der Waals surface area contributed by atoms with Gasteiger partial charge in [-0.05, 0) is 13.3 Å². The highest BCUT2D eigenvalue weighted by Gasteiger charge is 2.24. The molecule has 1 N–H and O–H groups in total. The number of rotatable bonds is 4. The molecule has 19 heavy (non-hydrogen) atoms. The minimum Gasteiger partial charge on any atom is -0.476 e. The van der Waals surface area contributed by atoms with Crippen molar-refractivity contribution in [1.82, 2.24) is 14.9 Å². The Labute approximate surface area is 113 Å². The molecule has 2 rings (SSSR count). The van der Waals surface area contributed by atoms with Gasteiger partial charge in [-0.15, -0.1) is 0 Å². The number of hydrogen-bond donors (Lipinski definition) is 1. The van der Waals surface area contributed by atoms with E-state index in [9.17, 15) is 4.79 Å². The van der Waals surface area contributed by atoms with E-state index in [0.29, 0.717) is 11.9 Å². The lowest BCUT2D eigenvalue weighted by Crippen LogP contribution is -2.50. The van der Waals surface area contributed by atoms with E-state index in [0.717, 1.165) is 32.6 Å². The van der Waals surface area contributed by atoms with E-state index in [1.807, 2.05) is 4.90 Å². The van der Waals surface area contributed by atoms with E-state index < -0.39 is 5.97 Å². The van der Waals surface area contributed by atoms with Gasteiger partial charge in [0.2, 0.25) is 0 Å². The van der Waals surface area contributed by atoms with Gasteiger partial charge in [0.15, 0.2) is 11.5 Å². The maximum atomic E-state index is 11.1. The Kier molecular flexibility index (Phi) is 4.31. The summed E-state index contributed by atoms with van der Waals surface area (Å²) < 4.78 is 0. The number of aromatic nitrogens is 2. The first kappa shape index (κ1) is 13.7. The molecule has 0 radical (unpaired) electrons. The summed E-state index contributed by atoms with van der Waals surface area (Å²) >= 11 is 0. The molecule has 1 aliphatic heterocycles. The highest BCUT2D eigenvalue weighted by atomic mass is 16.4. The van der Waals surface area contributed by atoms with Crippen molar-refractivity contribution < 1.29 is 9.90 Å². The molecule has 6 heteroatoms. The third-order valence-corrected chi connectivity index (χ3v) is 3.71. The lowest BCUT2D eigenvalue weighted by Gasteiger charge is -2.38. The average molecular weight is 264 g/mol. The van der Waals surface area contributed by atoms with Crippen LogP contribution in [0.5, 0.6) is 0 Å². The summed E-state index contributed by atoms with van der Waals surface area (Å²) in [5.74, 6) is -0.536. The van der Waals surface area contributed by atoms with E-state index in [1.54, 1.807) is 6.20 Å². The zero-order valence-electron chi connectivity index (χ0n) is 11.4. The molecule has 6 nitrogen and oxygen atoms in total. The van der Waals surface area contributed by atoms with Crippen molar-refractivity contribution in [3.05, 3.63) is 18.1 Å². The van der Waals surface area contributed by atoms with Crippen LogP contribution >= 0.6 is 0 Å². The number of carboxylic acids is 1. The highest BCUT2D eigenvalue weighted by Crippen LogP contribution is 2.18. The van der Waals surface area contributed by atoms with Crippen molar-refractivity contribution >= 4 is 11.8 Å². The standard InChI is InChI=1S/C13H20N4O2/c1-3-10(2)16-6-8-17(9-7-16)12-11(13(18)19)14-4-5-15-12/h4-5,10H,3,6-9H2,1-2H3,(H,18,19). The molecule has 1 unspecified atom stereocenters. The molecule has 1 atom stereocenters. The smallest absolute Gasteiger partial charge is 0.358 e. The molecular weight excluding hydrogens is 244 g/mol. The number of carbonyl (C=O) groups is 1. The second kappa shape index (κ2) is 5.97. The van der Waals surface area contributed by atoms with Crippen molar-refractivity contribution in [1.29, 1.82) is 0 Å². The Morgan fingerprint density at radius 1 is 1.32 bits per heavy atom. The molecule has 0 spiro atoms. The second-order valence-electron chi connectivity index (χ2n) is 4.81. The predicted molar refractivity (Wildman–Crippen MR) is 72.5 cm³/mol. The molecule has 1 fully saturated rings. The summed E-state index contributed by atoms with van der Waals surface area (Å²) in [5.41, 5.74) is 0.0412. The Morgan fingerprint density at radius 3 is 2.53 bits per heavy atom. The van der Waals surface area contributed by atoms with Gasteiger partial charge < -0.3 is 10.0 Å². The van der Waals surface area contributed by atoms with E-state index in [-0.39, 0.29) is 5.69 Å². The maximum Gasteiger partial charge on any atom is 0.358 e. The van der Waals surface area contributed by atoms with Gasteiger partial charge in [-0.2, -0.15) is 0 Å². The fraction of sp³-hybridized carbons (Fsp3) is 0.615. The topological polar surface area (TPSA) is 69.6 Å². The maximum absolute atomic E-state index is 11.1. The van der Waals surface area contributed by atoms with Gasteiger partial charge in [0.05, 0.1) is 0 Å². The van der Waals surface area contributed by atoms with E-state index in [4.69, 9.17) is 5.11 Å². The largest absolute Gasteiger partial charge is 0.476 e. The van der Waals surface area contributed by atoms with Crippen molar-refractivity contribution in [2.45, 2.75) is 26.3 Å². The fourth-order valence-electron chi connectivity index (χ4n) is 2.35. The Bertz CT molecular complexity index is 444. The quantitative estimate of drug-likeness (QED) is 0.878. The number of hydrogen-bond acceptors (Lipinski definition) is 5. The molecule has 0 aliphatic carbocycles. The van der Waals surface area contributed by atoms with Gasteiger partial charge in [-0.3, -0.25) is 4.90 Å². The first-order valence-corrected chi connectivity index (χ1v) is 6.66. The average Bonchev–Trinajstić information content (AvgIpc) is 2.46. The molecule has 0 aromatic carbocycles. The van der Waals surface area contributed by atoms with Crippen LogP contribution in [-0.2, 0) is 0 Å². The van der Waals surface area contributed by atoms with Gasteiger partial charge >= 0.3 is 5.97 Å². The highest BCUT2D eigenvalue weighted by molar-refractivity contribution is 5.90. The molecule has 0 bridgehead atoms. The summed E-state index contributed by atoms with van der Waals surface area (Å²) in [6.07, 6.45) is 4.09. The van der Waals surface area contributed by atoms with Crippen molar-refractivity contribution in [3.63, 3.8) is 0 Å². The Hall–Kier alpha value is -1.69. The Morgan fingerprint density at radius 2 is 1.95 bits per heavy atom. The molecule has 104 valence electrons. The number of piperazine rings is 1. The molecule has 1 aromatic rings. The second-order valence-corrected chi connectivity index (χ2v) is 4.81. The molecule has 1 saturated heterocycles. The van der Waals surface area contributed by atoms with Crippen LogP contribution in [0, 0.1) is 0 Å². The van der Waals surface area contributed by atoms with Crippen molar-refractivity contribution in [2.75, 3.05) is 31.1 Å². The summed E-state index contributed by atoms with van der Waals surface area (Å²) in [6, 6.07) is 0.572. The number of anilines is 1. The zero-order chi connectivity index (χ0) is 13.8. The lowest BCUT2D eigenvalue weighted by molar-refractivity contribution is 0.0690. The van der Waals surface area contributed by atoms with Crippen LogP contribution in [0.4, 0.5) is 5.82 Å². The lowest BCUT2D eigenvalue weighted by atomic mass is 10.2. The SMILES string of the molecule is CCC(C)N1CCN(c2nccnc2C(=O)O)CC1. The number of nitrogens with zero attached hydrogens (tertiary/aromatic N) is 4. The predicted octanol–water partition coefficient (Wildman–Crippen LogP) is 1.10. The van der Waals surface area contributed by atoms with Gasteiger partial charge in [0, 0.05) is 44.6 Å². The third kappa shape index (κ3) is 3.01. The van der Waals surface area contributed by atoms with Crippen LogP contribution in [0.1, 0.15) is 30.8 Å². The Balaban J connectivity index is 2.08. The molecule has 2 heterocycles. The minimum atomic E-state index is -1.02. The molecule has 0 amide bonds. The van der Waals surface area contributed by atoms with E-state index in [2.05, 4.69) is 28.7 Å².